The van der Waals surface area contributed by atoms with Gasteiger partial charge in [-0.15, -0.1) is 0 Å². The number of nitrogens with zero attached hydrogens (tertiary/aromatic N) is 4. The molecule has 1 aliphatic rings. The van der Waals surface area contributed by atoms with Crippen molar-refractivity contribution in [2.24, 2.45) is 0 Å². The van der Waals surface area contributed by atoms with Gasteiger partial charge in [-0.3, -0.25) is 0 Å². The standard InChI is InChI=1S/C28H36N7O2P/c1-34(2)19-13-16-35(17-14-19)20-10-11-22(24(18-20)37-3)31-28-32-26-21(12-15-29-26)27(33-28)30-23-8-6-7-9-25(23)38(4,5)36/h6-12,15,18-19H,13-14,16-17H2,1-5H3,(H3,29,30,31,32,33). The van der Waals surface area contributed by atoms with E-state index in [0.717, 1.165) is 59.4 Å². The SMILES string of the molecule is COc1cc(N2CCC(N(C)C)CC2)ccc1Nc1nc(Nc2ccccc2P(C)(C)=O)c2cc[nH]c2n1. The van der Waals surface area contributed by atoms with Crippen molar-refractivity contribution in [3.8, 4) is 5.75 Å². The third-order valence-electron chi connectivity index (χ3n) is 7.14. The Morgan fingerprint density at radius 3 is 2.50 bits per heavy atom. The molecule has 0 atom stereocenters. The molecule has 10 heteroatoms. The minimum absolute atomic E-state index is 0.425. The van der Waals surface area contributed by atoms with Gasteiger partial charge in [0, 0.05) is 42.4 Å². The van der Waals surface area contributed by atoms with Crippen molar-refractivity contribution in [2.45, 2.75) is 18.9 Å². The van der Waals surface area contributed by atoms with E-state index in [1.807, 2.05) is 42.6 Å². The monoisotopic (exact) mass is 533 g/mol. The van der Waals surface area contributed by atoms with Gasteiger partial charge in [-0.2, -0.15) is 9.97 Å². The number of piperidine rings is 1. The second kappa shape index (κ2) is 10.7. The maximum Gasteiger partial charge on any atom is 0.231 e. The predicted molar refractivity (Wildman–Crippen MR) is 158 cm³/mol. The third-order valence-corrected chi connectivity index (χ3v) is 8.69. The van der Waals surface area contributed by atoms with Gasteiger partial charge in [-0.05, 0) is 70.6 Å². The van der Waals surface area contributed by atoms with E-state index in [1.165, 1.54) is 0 Å². The number of H-pyrrole nitrogens is 1. The summed E-state index contributed by atoms with van der Waals surface area (Å²) in [6.07, 6.45) is 4.12. The zero-order valence-corrected chi connectivity index (χ0v) is 23.5. The molecule has 0 amide bonds. The molecule has 1 fully saturated rings. The number of rotatable bonds is 8. The van der Waals surface area contributed by atoms with Gasteiger partial charge in [0.15, 0.2) is 0 Å². The van der Waals surface area contributed by atoms with Crippen molar-refractivity contribution in [1.82, 2.24) is 19.9 Å². The lowest BCUT2D eigenvalue weighted by atomic mass is 10.0. The highest BCUT2D eigenvalue weighted by Gasteiger charge is 2.22. The Bertz CT molecular complexity index is 1470. The fourth-order valence-corrected chi connectivity index (χ4v) is 6.17. The highest BCUT2D eigenvalue weighted by atomic mass is 31.2. The van der Waals surface area contributed by atoms with Crippen molar-refractivity contribution < 1.29 is 9.30 Å². The van der Waals surface area contributed by atoms with Gasteiger partial charge in [-0.1, -0.05) is 12.1 Å². The Labute approximate surface area is 224 Å². The molecular formula is C28H36N7O2P. The number of para-hydroxylation sites is 1. The Hall–Kier alpha value is -3.55. The van der Waals surface area contributed by atoms with Crippen LogP contribution in [0, 0.1) is 0 Å². The van der Waals surface area contributed by atoms with Crippen LogP contribution in [0.25, 0.3) is 11.0 Å². The van der Waals surface area contributed by atoms with Crippen molar-refractivity contribution >= 4 is 52.3 Å². The highest BCUT2D eigenvalue weighted by molar-refractivity contribution is 7.70. The zero-order chi connectivity index (χ0) is 26.9. The van der Waals surface area contributed by atoms with E-state index in [0.29, 0.717) is 23.5 Å². The number of nitrogens with one attached hydrogen (secondary N) is 3. The van der Waals surface area contributed by atoms with E-state index >= 15 is 0 Å². The number of aromatic amines is 1. The predicted octanol–water partition coefficient (Wildman–Crippen LogP) is 5.23. The number of anilines is 5. The maximum atomic E-state index is 12.9. The Morgan fingerprint density at radius 2 is 1.79 bits per heavy atom. The number of ether oxygens (including phenoxy) is 1. The molecule has 0 unspecified atom stereocenters. The summed E-state index contributed by atoms with van der Waals surface area (Å²) in [6, 6.07) is 16.4. The van der Waals surface area contributed by atoms with Crippen LogP contribution in [0.3, 0.4) is 0 Å². The molecule has 0 spiro atoms. The summed E-state index contributed by atoms with van der Waals surface area (Å²) in [5.41, 5.74) is 3.39. The van der Waals surface area contributed by atoms with Crippen LogP contribution in [0.2, 0.25) is 0 Å². The first-order valence-electron chi connectivity index (χ1n) is 12.9. The molecule has 3 heterocycles. The molecule has 5 rings (SSSR count). The van der Waals surface area contributed by atoms with Crippen molar-refractivity contribution in [3.63, 3.8) is 0 Å². The molecule has 9 nitrogen and oxygen atoms in total. The maximum absolute atomic E-state index is 12.9. The van der Waals surface area contributed by atoms with Crippen LogP contribution in [0.15, 0.2) is 54.7 Å². The summed E-state index contributed by atoms with van der Waals surface area (Å²) < 4.78 is 18.6. The van der Waals surface area contributed by atoms with Crippen LogP contribution in [-0.4, -0.2) is 73.5 Å². The number of fused-ring (bicyclic) bond motifs is 1. The largest absolute Gasteiger partial charge is 0.494 e. The summed E-state index contributed by atoms with van der Waals surface area (Å²) in [5, 5.41) is 8.37. The van der Waals surface area contributed by atoms with Crippen molar-refractivity contribution in [3.05, 3.63) is 54.7 Å². The summed E-state index contributed by atoms with van der Waals surface area (Å²) in [5.74, 6) is 1.78. The topological polar surface area (TPSA) is 98.4 Å². The minimum atomic E-state index is -2.49. The van der Waals surface area contributed by atoms with Crippen LogP contribution >= 0.6 is 7.14 Å². The second-order valence-electron chi connectivity index (χ2n) is 10.3. The number of hydrogen-bond acceptors (Lipinski definition) is 8. The number of benzene rings is 2. The van der Waals surface area contributed by atoms with Gasteiger partial charge in [0.2, 0.25) is 5.95 Å². The fraction of sp³-hybridized carbons (Fsp3) is 0.357. The first-order chi connectivity index (χ1) is 18.2. The van der Waals surface area contributed by atoms with Crippen molar-refractivity contribution in [2.75, 3.05) is 63.2 Å². The Kier molecular flexibility index (Phi) is 7.32. The highest BCUT2D eigenvalue weighted by Crippen LogP contribution is 2.39. The molecule has 0 saturated carbocycles. The lowest BCUT2D eigenvalue weighted by molar-refractivity contribution is 0.249. The molecule has 0 bridgehead atoms. The van der Waals surface area contributed by atoms with Gasteiger partial charge in [0.05, 0.1) is 23.9 Å². The molecule has 38 heavy (non-hydrogen) atoms. The summed E-state index contributed by atoms with van der Waals surface area (Å²) in [4.78, 5) is 17.4. The molecule has 0 aliphatic carbocycles. The van der Waals surface area contributed by atoms with Crippen LogP contribution < -0.4 is 25.6 Å². The molecule has 1 saturated heterocycles. The van der Waals surface area contributed by atoms with E-state index in [-0.39, 0.29) is 0 Å². The first kappa shape index (κ1) is 26.1. The smallest absolute Gasteiger partial charge is 0.231 e. The summed E-state index contributed by atoms with van der Waals surface area (Å²) >= 11 is 0. The van der Waals surface area contributed by atoms with E-state index < -0.39 is 7.14 Å². The Balaban J connectivity index is 1.42. The fourth-order valence-electron chi connectivity index (χ4n) is 5.01. The zero-order valence-electron chi connectivity index (χ0n) is 22.7. The third kappa shape index (κ3) is 5.49. The van der Waals surface area contributed by atoms with Crippen LogP contribution in [-0.2, 0) is 4.57 Å². The Morgan fingerprint density at radius 1 is 1.03 bits per heavy atom. The average molecular weight is 534 g/mol. The molecule has 200 valence electrons. The molecule has 3 N–H and O–H groups in total. The van der Waals surface area contributed by atoms with E-state index in [9.17, 15) is 4.57 Å². The van der Waals surface area contributed by atoms with E-state index in [1.54, 1.807) is 20.4 Å². The lowest BCUT2D eigenvalue weighted by Crippen LogP contribution is -2.41. The van der Waals surface area contributed by atoms with Gasteiger partial charge < -0.3 is 34.7 Å². The van der Waals surface area contributed by atoms with Crippen LogP contribution in [0.1, 0.15) is 12.8 Å². The van der Waals surface area contributed by atoms with Gasteiger partial charge in [0.1, 0.15) is 24.4 Å². The molecular weight excluding hydrogens is 497 g/mol. The van der Waals surface area contributed by atoms with E-state index in [4.69, 9.17) is 9.72 Å². The molecule has 2 aromatic heterocycles. The molecule has 4 aromatic rings. The number of aromatic nitrogens is 3. The van der Waals surface area contributed by atoms with Crippen LogP contribution in [0.4, 0.5) is 28.8 Å². The average Bonchev–Trinajstić information content (AvgIpc) is 3.38. The molecule has 2 aromatic carbocycles. The van der Waals surface area contributed by atoms with Gasteiger partial charge >= 0.3 is 0 Å². The van der Waals surface area contributed by atoms with Crippen molar-refractivity contribution in [1.29, 1.82) is 0 Å². The number of hydrogen-bond donors (Lipinski definition) is 3. The second-order valence-corrected chi connectivity index (χ2v) is 13.5. The lowest BCUT2D eigenvalue weighted by Gasteiger charge is -2.36. The molecule has 0 radical (unpaired) electrons. The van der Waals surface area contributed by atoms with Crippen LogP contribution in [0.5, 0.6) is 5.75 Å². The minimum Gasteiger partial charge on any atom is -0.494 e. The molecule has 1 aliphatic heterocycles. The number of methoxy groups -OCH3 is 1. The quantitative estimate of drug-likeness (QED) is 0.265. The first-order valence-corrected chi connectivity index (χ1v) is 15.5. The van der Waals surface area contributed by atoms with Gasteiger partial charge in [-0.25, -0.2) is 0 Å². The summed E-state index contributed by atoms with van der Waals surface area (Å²) in [7, 11) is 3.49. The van der Waals surface area contributed by atoms with Gasteiger partial charge in [0.25, 0.3) is 0 Å². The summed E-state index contributed by atoms with van der Waals surface area (Å²) in [6.45, 7) is 5.58. The normalized spacial score (nSPS) is 14.7. The van der Waals surface area contributed by atoms with E-state index in [2.05, 4.69) is 56.6 Å².